The first-order valence-corrected chi connectivity index (χ1v) is 17.5. The molecule has 0 radical (unpaired) electrons. The lowest BCUT2D eigenvalue weighted by molar-refractivity contribution is -0.245. The monoisotopic (exact) mass is 603 g/mol. The number of carboxylic acids is 1. The molecule has 12 atom stereocenters. The lowest BCUT2D eigenvalue weighted by atomic mass is 9.46. The van der Waals surface area contributed by atoms with Gasteiger partial charge in [0.1, 0.15) is 6.10 Å². The molecule has 2 heterocycles. The van der Waals surface area contributed by atoms with Gasteiger partial charge in [0, 0.05) is 19.6 Å². The third-order valence-corrected chi connectivity index (χ3v) is 14.7. The third-order valence-electron chi connectivity index (χ3n) is 14.7. The topological polar surface area (TPSA) is 109 Å². The Kier molecular flexibility index (Phi) is 7.44. The van der Waals surface area contributed by atoms with Crippen molar-refractivity contribution in [2.45, 2.75) is 142 Å². The van der Waals surface area contributed by atoms with Gasteiger partial charge in [0.25, 0.3) is 0 Å². The molecule has 3 N–H and O–H groups in total. The number of rotatable bonds is 7. The van der Waals surface area contributed by atoms with Gasteiger partial charge in [-0.3, -0.25) is 9.69 Å². The van der Waals surface area contributed by atoms with Crippen LogP contribution in [0.15, 0.2) is 0 Å². The van der Waals surface area contributed by atoms with Gasteiger partial charge in [-0.2, -0.15) is 0 Å². The lowest BCUT2D eigenvalue weighted by Crippen LogP contribution is -2.56. The number of aliphatic carboxylic acids is 1. The number of carbonyl (C=O) groups is 1. The zero-order chi connectivity index (χ0) is 30.6. The van der Waals surface area contributed by atoms with E-state index in [1.54, 1.807) is 13.8 Å². The van der Waals surface area contributed by atoms with E-state index in [0.717, 1.165) is 38.1 Å². The molecule has 8 nitrogen and oxygen atoms in total. The van der Waals surface area contributed by atoms with E-state index < -0.39 is 17.7 Å². The van der Waals surface area contributed by atoms with E-state index in [-0.39, 0.29) is 36.4 Å². The minimum absolute atomic E-state index is 0.0768. The summed E-state index contributed by atoms with van der Waals surface area (Å²) in [6.07, 6.45) is 11.2. The summed E-state index contributed by atoms with van der Waals surface area (Å²) in [7, 11) is 0. The molecule has 7 fully saturated rings. The van der Waals surface area contributed by atoms with Gasteiger partial charge in [-0.1, -0.05) is 20.8 Å². The van der Waals surface area contributed by atoms with Crippen molar-refractivity contribution in [2.24, 2.45) is 45.3 Å². The van der Waals surface area contributed by atoms with Gasteiger partial charge in [0.2, 0.25) is 0 Å². The molecular formula is C35H57NO7. The molecule has 0 aromatic rings. The third kappa shape index (κ3) is 4.70. The number of hydrogen-bond acceptors (Lipinski definition) is 7. The van der Waals surface area contributed by atoms with Crippen LogP contribution in [0.2, 0.25) is 0 Å². The molecule has 5 saturated carbocycles. The van der Waals surface area contributed by atoms with Crippen LogP contribution in [0.3, 0.4) is 0 Å². The molecule has 2 spiro atoms. The van der Waals surface area contributed by atoms with E-state index in [0.29, 0.717) is 53.7 Å². The second-order valence-corrected chi connectivity index (χ2v) is 17.3. The van der Waals surface area contributed by atoms with E-state index in [4.69, 9.17) is 19.3 Å². The Bertz CT molecular complexity index is 1090. The van der Waals surface area contributed by atoms with Gasteiger partial charge in [0.15, 0.2) is 6.29 Å². The van der Waals surface area contributed by atoms with Crippen LogP contribution in [-0.4, -0.2) is 88.7 Å². The standard InChI is InChI=1S/C35H57NO7/c1-31(2)26-9-7-21-23-18-25-22(6-8-24(42-25)30(39)32(3,4)40)33(23,5)13-14-34(21)20-35(26,34)12-10-27(31)43-29-19-36(16-17-41-29)15-11-28(37)38/h21-27,29-30,39-40H,6-20H2,1-5H3,(H,37,38). The summed E-state index contributed by atoms with van der Waals surface area (Å²) < 4.78 is 19.5. The van der Waals surface area contributed by atoms with Gasteiger partial charge in [0.05, 0.1) is 36.9 Å². The number of carboxylic acid groups (broad SMARTS) is 1. The fourth-order valence-corrected chi connectivity index (χ4v) is 12.6. The number of ether oxygens (including phenoxy) is 3. The summed E-state index contributed by atoms with van der Waals surface area (Å²) in [5.41, 5.74) is 0.163. The van der Waals surface area contributed by atoms with Crippen molar-refractivity contribution in [3.63, 3.8) is 0 Å². The molecule has 0 amide bonds. The molecule has 5 aliphatic carbocycles. The molecule has 12 unspecified atom stereocenters. The zero-order valence-corrected chi connectivity index (χ0v) is 27.2. The second-order valence-electron chi connectivity index (χ2n) is 17.3. The number of morpholine rings is 1. The number of aliphatic hydroxyl groups is 2. The first-order chi connectivity index (χ1) is 20.2. The summed E-state index contributed by atoms with van der Waals surface area (Å²) in [4.78, 5) is 13.3. The van der Waals surface area contributed by atoms with Crippen LogP contribution < -0.4 is 0 Å². The van der Waals surface area contributed by atoms with Crippen molar-refractivity contribution < 1.29 is 34.3 Å². The van der Waals surface area contributed by atoms with Crippen LogP contribution >= 0.6 is 0 Å². The molecule has 244 valence electrons. The fraction of sp³-hybridized carbons (Fsp3) is 0.971. The Labute approximate surface area is 258 Å². The van der Waals surface area contributed by atoms with E-state index in [2.05, 4.69) is 25.7 Å². The van der Waals surface area contributed by atoms with Gasteiger partial charge in [-0.05, 0) is 123 Å². The highest BCUT2D eigenvalue weighted by Crippen LogP contribution is 2.87. The molecule has 7 rings (SSSR count). The summed E-state index contributed by atoms with van der Waals surface area (Å²) in [5, 5.41) is 30.4. The second kappa shape index (κ2) is 10.4. The van der Waals surface area contributed by atoms with Crippen LogP contribution in [-0.2, 0) is 19.0 Å². The summed E-state index contributed by atoms with van der Waals surface area (Å²) in [6.45, 7) is 13.4. The Balaban J connectivity index is 1.04. The fourth-order valence-electron chi connectivity index (χ4n) is 12.6. The lowest BCUT2D eigenvalue weighted by Gasteiger charge is -2.60. The first kappa shape index (κ1) is 30.9. The Morgan fingerprint density at radius 3 is 2.53 bits per heavy atom. The number of nitrogens with zero attached hydrogens (tertiary/aromatic N) is 1. The molecule has 0 aromatic carbocycles. The van der Waals surface area contributed by atoms with Gasteiger partial charge in [-0.15, -0.1) is 0 Å². The maximum absolute atomic E-state index is 11.1. The average molecular weight is 604 g/mol. The molecule has 43 heavy (non-hydrogen) atoms. The van der Waals surface area contributed by atoms with Crippen molar-refractivity contribution in [3.05, 3.63) is 0 Å². The number of fused-ring (bicyclic) bond motifs is 4. The highest BCUT2D eigenvalue weighted by molar-refractivity contribution is 5.66. The van der Waals surface area contributed by atoms with Crippen molar-refractivity contribution in [2.75, 3.05) is 26.2 Å². The van der Waals surface area contributed by atoms with Gasteiger partial charge < -0.3 is 29.5 Å². The quantitative estimate of drug-likeness (QED) is 0.379. The Morgan fingerprint density at radius 1 is 1.02 bits per heavy atom. The zero-order valence-electron chi connectivity index (χ0n) is 27.2. The minimum Gasteiger partial charge on any atom is -0.481 e. The maximum Gasteiger partial charge on any atom is 0.304 e. The highest BCUT2D eigenvalue weighted by Gasteiger charge is 2.80. The van der Waals surface area contributed by atoms with Crippen molar-refractivity contribution in [1.29, 1.82) is 0 Å². The van der Waals surface area contributed by atoms with Crippen LogP contribution in [0.25, 0.3) is 0 Å². The van der Waals surface area contributed by atoms with Crippen molar-refractivity contribution >= 4 is 5.97 Å². The number of aliphatic hydroxyl groups excluding tert-OH is 1. The molecule has 0 aromatic heterocycles. The predicted octanol–water partition coefficient (Wildman–Crippen LogP) is 4.84. The van der Waals surface area contributed by atoms with Crippen LogP contribution in [0.5, 0.6) is 0 Å². The maximum atomic E-state index is 11.1. The Morgan fingerprint density at radius 2 is 1.79 bits per heavy atom. The van der Waals surface area contributed by atoms with Crippen LogP contribution in [0, 0.1) is 45.3 Å². The number of hydrogen-bond donors (Lipinski definition) is 3. The van der Waals surface area contributed by atoms with E-state index in [1.807, 2.05) is 0 Å². The van der Waals surface area contributed by atoms with Gasteiger partial charge in [-0.25, -0.2) is 0 Å². The molecule has 7 aliphatic rings. The average Bonchev–Trinajstić information content (AvgIpc) is 3.52. The molecule has 0 bridgehead atoms. The van der Waals surface area contributed by atoms with Crippen molar-refractivity contribution in [3.8, 4) is 0 Å². The summed E-state index contributed by atoms with van der Waals surface area (Å²) >= 11 is 0. The molecular weight excluding hydrogens is 546 g/mol. The Hall–Kier alpha value is -0.770. The van der Waals surface area contributed by atoms with Crippen LogP contribution in [0.4, 0.5) is 0 Å². The first-order valence-electron chi connectivity index (χ1n) is 17.5. The SMILES string of the molecule is CC(C)(O)C(O)C1CCC2C(CC3C4CCC5C(C)(C)C(OC6CN(CCC(=O)O)CCO6)CCC56CC46CCC23C)O1. The smallest absolute Gasteiger partial charge is 0.304 e. The van der Waals surface area contributed by atoms with E-state index in [9.17, 15) is 15.0 Å². The van der Waals surface area contributed by atoms with E-state index in [1.165, 1.54) is 38.5 Å². The normalized spacial score (nSPS) is 49.6. The summed E-state index contributed by atoms with van der Waals surface area (Å²) in [5.74, 6) is 1.94. The minimum atomic E-state index is -1.15. The highest BCUT2D eigenvalue weighted by atomic mass is 16.7. The van der Waals surface area contributed by atoms with E-state index >= 15 is 0 Å². The predicted molar refractivity (Wildman–Crippen MR) is 161 cm³/mol. The summed E-state index contributed by atoms with van der Waals surface area (Å²) in [6, 6.07) is 0. The molecule has 2 saturated heterocycles. The van der Waals surface area contributed by atoms with Gasteiger partial charge >= 0.3 is 5.97 Å². The van der Waals surface area contributed by atoms with Crippen LogP contribution in [0.1, 0.15) is 105 Å². The largest absolute Gasteiger partial charge is 0.481 e. The molecule has 8 heteroatoms. The van der Waals surface area contributed by atoms with Crippen molar-refractivity contribution in [1.82, 2.24) is 4.90 Å². The molecule has 2 aliphatic heterocycles.